The van der Waals surface area contributed by atoms with Crippen LogP contribution in [0.5, 0.6) is 0 Å². The zero-order chi connectivity index (χ0) is 18.4. The van der Waals surface area contributed by atoms with E-state index >= 15 is 0 Å². The second-order valence-electron chi connectivity index (χ2n) is 6.58. The van der Waals surface area contributed by atoms with Gasteiger partial charge >= 0.3 is 0 Å². The molecule has 0 aromatic heterocycles. The first-order valence-electron chi connectivity index (χ1n) is 9.05. The van der Waals surface area contributed by atoms with Crippen molar-refractivity contribution in [2.45, 2.75) is 32.9 Å². The summed E-state index contributed by atoms with van der Waals surface area (Å²) in [5, 5.41) is 6.66. The number of hydrogen-bond donors (Lipinski definition) is 2. The number of carbonyl (C=O) groups excluding carboxylic acids is 1. The summed E-state index contributed by atoms with van der Waals surface area (Å²) in [6.07, 6.45) is 1.61. The van der Waals surface area contributed by atoms with Crippen molar-refractivity contribution in [1.82, 2.24) is 10.6 Å². The van der Waals surface area contributed by atoms with Crippen LogP contribution in [0.3, 0.4) is 0 Å². The molecule has 1 fully saturated rings. The van der Waals surface area contributed by atoms with Crippen LogP contribution in [0.4, 0.5) is 5.69 Å². The quantitative estimate of drug-likeness (QED) is 0.392. The molecular weight excluding hydrogens is 451 g/mol. The Balaban J connectivity index is 0.00000261. The molecule has 0 spiro atoms. The van der Waals surface area contributed by atoms with E-state index in [1.807, 2.05) is 17.0 Å². The number of guanidine groups is 1. The molecule has 0 bridgehead atoms. The molecule has 1 amide bonds. The Bertz CT molecular complexity index is 789. The summed E-state index contributed by atoms with van der Waals surface area (Å²) in [5.74, 6) is 0.988. The van der Waals surface area contributed by atoms with E-state index in [2.05, 4.69) is 58.9 Å². The number of amides is 1. The van der Waals surface area contributed by atoms with Crippen molar-refractivity contribution in [3.63, 3.8) is 0 Å². The van der Waals surface area contributed by atoms with Gasteiger partial charge in [-0.25, -0.2) is 0 Å². The van der Waals surface area contributed by atoms with E-state index in [1.54, 1.807) is 7.05 Å². The monoisotopic (exact) mass is 478 g/mol. The van der Waals surface area contributed by atoms with Crippen LogP contribution in [0.1, 0.15) is 29.5 Å². The van der Waals surface area contributed by atoms with Crippen LogP contribution in [0.15, 0.2) is 53.5 Å². The number of aryl methyl sites for hydroxylation is 1. The highest BCUT2D eigenvalue weighted by Crippen LogP contribution is 2.21. The van der Waals surface area contributed by atoms with Crippen molar-refractivity contribution < 1.29 is 4.79 Å². The predicted octanol–water partition coefficient (Wildman–Crippen LogP) is 3.61. The number of hydrogen-bond acceptors (Lipinski definition) is 2. The van der Waals surface area contributed by atoms with Crippen molar-refractivity contribution in [3.8, 4) is 0 Å². The lowest BCUT2D eigenvalue weighted by Crippen LogP contribution is -2.36. The molecular formula is C21H27IN4O. The van der Waals surface area contributed by atoms with Gasteiger partial charge in [0.1, 0.15) is 0 Å². The third kappa shape index (κ3) is 5.95. The van der Waals surface area contributed by atoms with Crippen LogP contribution in [0.2, 0.25) is 0 Å². The van der Waals surface area contributed by atoms with E-state index in [9.17, 15) is 4.79 Å². The zero-order valence-corrected chi connectivity index (χ0v) is 18.2. The Morgan fingerprint density at radius 1 is 1.07 bits per heavy atom. The minimum atomic E-state index is 0. The normalized spacial score (nSPS) is 14.1. The van der Waals surface area contributed by atoms with E-state index < -0.39 is 0 Å². The van der Waals surface area contributed by atoms with E-state index in [0.29, 0.717) is 13.0 Å². The average Bonchev–Trinajstić information content (AvgIpc) is 3.08. The third-order valence-electron chi connectivity index (χ3n) is 4.55. The topological polar surface area (TPSA) is 56.7 Å². The van der Waals surface area contributed by atoms with Crippen LogP contribution in [0, 0.1) is 6.92 Å². The van der Waals surface area contributed by atoms with Crippen molar-refractivity contribution in [1.29, 1.82) is 0 Å². The van der Waals surface area contributed by atoms with E-state index in [1.165, 1.54) is 11.1 Å². The van der Waals surface area contributed by atoms with Gasteiger partial charge in [0.15, 0.2) is 5.96 Å². The predicted molar refractivity (Wildman–Crippen MR) is 122 cm³/mol. The molecule has 0 radical (unpaired) electrons. The molecule has 144 valence electrons. The standard InChI is InChI=1S/C21H26N4O.HI/c1-16-5-3-6-18(13-16)15-24-21(22-2)23-14-17-8-10-19(11-9-17)25-12-4-7-20(25)26;/h3,5-6,8-11,13H,4,7,12,14-15H2,1-2H3,(H2,22,23,24);1H. The molecule has 27 heavy (non-hydrogen) atoms. The van der Waals surface area contributed by atoms with E-state index in [-0.39, 0.29) is 29.9 Å². The molecule has 6 heteroatoms. The molecule has 5 nitrogen and oxygen atoms in total. The van der Waals surface area contributed by atoms with Crippen molar-refractivity contribution in [2.24, 2.45) is 4.99 Å². The number of rotatable bonds is 5. The van der Waals surface area contributed by atoms with Crippen LogP contribution in [-0.2, 0) is 17.9 Å². The minimum Gasteiger partial charge on any atom is -0.352 e. The second kappa shape index (κ2) is 10.3. The van der Waals surface area contributed by atoms with Gasteiger partial charge in [0.25, 0.3) is 0 Å². The van der Waals surface area contributed by atoms with Gasteiger partial charge in [0, 0.05) is 38.8 Å². The Morgan fingerprint density at radius 3 is 2.37 bits per heavy atom. The fraction of sp³-hybridized carbons (Fsp3) is 0.333. The largest absolute Gasteiger partial charge is 0.352 e. The van der Waals surface area contributed by atoms with Gasteiger partial charge < -0.3 is 15.5 Å². The Hall–Kier alpha value is -2.09. The summed E-state index contributed by atoms with van der Waals surface area (Å²) in [6, 6.07) is 16.6. The summed E-state index contributed by atoms with van der Waals surface area (Å²) in [7, 11) is 1.77. The van der Waals surface area contributed by atoms with Crippen LogP contribution >= 0.6 is 24.0 Å². The summed E-state index contributed by atoms with van der Waals surface area (Å²) >= 11 is 0. The molecule has 0 unspecified atom stereocenters. The smallest absolute Gasteiger partial charge is 0.227 e. The molecule has 0 aliphatic carbocycles. The molecule has 1 saturated heterocycles. The van der Waals surface area contributed by atoms with Crippen LogP contribution < -0.4 is 15.5 Å². The lowest BCUT2D eigenvalue weighted by molar-refractivity contribution is -0.117. The molecule has 0 saturated carbocycles. The summed E-state index contributed by atoms with van der Waals surface area (Å²) in [5.41, 5.74) is 4.62. The van der Waals surface area contributed by atoms with Gasteiger partial charge in [-0.3, -0.25) is 9.79 Å². The third-order valence-corrected chi connectivity index (χ3v) is 4.55. The average molecular weight is 478 g/mol. The van der Waals surface area contributed by atoms with Gasteiger partial charge in [0.2, 0.25) is 5.91 Å². The molecule has 2 aromatic rings. The fourth-order valence-corrected chi connectivity index (χ4v) is 3.13. The van der Waals surface area contributed by atoms with Gasteiger partial charge in [-0.1, -0.05) is 42.0 Å². The Labute approximate surface area is 178 Å². The molecule has 1 heterocycles. The van der Waals surface area contributed by atoms with Crippen molar-refractivity contribution >= 4 is 41.5 Å². The number of anilines is 1. The van der Waals surface area contributed by atoms with E-state index in [0.717, 1.165) is 36.7 Å². The molecule has 1 aliphatic heterocycles. The van der Waals surface area contributed by atoms with Gasteiger partial charge in [-0.05, 0) is 36.6 Å². The number of aliphatic imine (C=N–C) groups is 1. The maximum absolute atomic E-state index is 11.8. The summed E-state index contributed by atoms with van der Waals surface area (Å²) in [6.45, 7) is 4.33. The number of halogens is 1. The highest BCUT2D eigenvalue weighted by molar-refractivity contribution is 14.0. The fourth-order valence-electron chi connectivity index (χ4n) is 3.13. The molecule has 1 aliphatic rings. The summed E-state index contributed by atoms with van der Waals surface area (Å²) < 4.78 is 0. The number of carbonyl (C=O) groups is 1. The highest BCUT2D eigenvalue weighted by Gasteiger charge is 2.21. The molecule has 3 rings (SSSR count). The number of nitrogens with one attached hydrogen (secondary N) is 2. The number of nitrogens with zero attached hydrogens (tertiary/aromatic N) is 2. The van der Waals surface area contributed by atoms with Gasteiger partial charge in [-0.15, -0.1) is 24.0 Å². The molecule has 2 aromatic carbocycles. The summed E-state index contributed by atoms with van der Waals surface area (Å²) in [4.78, 5) is 17.9. The Kier molecular flexibility index (Phi) is 8.09. The second-order valence-corrected chi connectivity index (χ2v) is 6.58. The van der Waals surface area contributed by atoms with Gasteiger partial charge in [-0.2, -0.15) is 0 Å². The Morgan fingerprint density at radius 2 is 1.78 bits per heavy atom. The lowest BCUT2D eigenvalue weighted by atomic mass is 10.1. The van der Waals surface area contributed by atoms with Crippen molar-refractivity contribution in [2.75, 3.05) is 18.5 Å². The first-order chi connectivity index (χ1) is 12.7. The zero-order valence-electron chi connectivity index (χ0n) is 15.9. The molecule has 0 atom stereocenters. The first-order valence-corrected chi connectivity index (χ1v) is 9.05. The maximum atomic E-state index is 11.8. The molecule has 2 N–H and O–H groups in total. The van der Waals surface area contributed by atoms with Crippen molar-refractivity contribution in [3.05, 3.63) is 65.2 Å². The number of benzene rings is 2. The maximum Gasteiger partial charge on any atom is 0.227 e. The first kappa shape index (κ1) is 21.2. The highest BCUT2D eigenvalue weighted by atomic mass is 127. The van der Waals surface area contributed by atoms with Crippen LogP contribution in [-0.4, -0.2) is 25.5 Å². The van der Waals surface area contributed by atoms with Crippen LogP contribution in [0.25, 0.3) is 0 Å². The lowest BCUT2D eigenvalue weighted by Gasteiger charge is -2.16. The van der Waals surface area contributed by atoms with Gasteiger partial charge in [0.05, 0.1) is 0 Å². The SMILES string of the molecule is CN=C(NCc1ccc(N2CCCC2=O)cc1)NCc1cccc(C)c1.I. The van der Waals surface area contributed by atoms with E-state index in [4.69, 9.17) is 0 Å². The minimum absolute atomic E-state index is 0.